The minimum Gasteiger partial charge on any atom is -0.300 e. The lowest BCUT2D eigenvalue weighted by Gasteiger charge is -2.44. The average molecular weight is 405 g/mol. The van der Waals surface area contributed by atoms with Gasteiger partial charge in [0, 0.05) is 35.8 Å². The SMILES string of the molecule is N#Cc1ccc([C@H]2CC(=O)C[C@@H](c3ccccc3)C23C(=O)c2ccccc2C3=O)cc1. The number of ketones is 3. The number of fused-ring (bicyclic) bond motifs is 1. The van der Waals surface area contributed by atoms with Crippen LogP contribution in [0.25, 0.3) is 0 Å². The normalized spacial score (nSPS) is 21.7. The maximum Gasteiger partial charge on any atom is 0.178 e. The Hall–Kier alpha value is -3.84. The molecule has 1 spiro atoms. The third-order valence-corrected chi connectivity index (χ3v) is 6.77. The fourth-order valence-corrected chi connectivity index (χ4v) is 5.40. The molecule has 0 bridgehead atoms. The van der Waals surface area contributed by atoms with Crippen molar-refractivity contribution in [1.29, 1.82) is 5.26 Å². The van der Waals surface area contributed by atoms with E-state index in [0.717, 1.165) is 11.1 Å². The van der Waals surface area contributed by atoms with Gasteiger partial charge in [-0.15, -0.1) is 0 Å². The van der Waals surface area contributed by atoms with E-state index in [-0.39, 0.29) is 30.2 Å². The standard InChI is InChI=1S/C27H19NO3/c28-16-17-10-12-19(13-11-17)24-15-20(29)14-23(18-6-2-1-3-7-18)27(24)25(30)21-8-4-5-9-22(21)26(27)31/h1-13,23-24H,14-15H2/t23-,24+/m0/s1. The highest BCUT2D eigenvalue weighted by atomic mass is 16.2. The molecule has 3 aromatic carbocycles. The maximum atomic E-state index is 14.0. The van der Waals surface area contributed by atoms with Crippen LogP contribution < -0.4 is 0 Å². The van der Waals surface area contributed by atoms with Crippen LogP contribution in [0.3, 0.4) is 0 Å². The Bertz CT molecular complexity index is 1220. The first-order valence-corrected chi connectivity index (χ1v) is 10.3. The molecule has 2 atom stereocenters. The van der Waals surface area contributed by atoms with Gasteiger partial charge in [-0.3, -0.25) is 14.4 Å². The van der Waals surface area contributed by atoms with Crippen LogP contribution in [0.15, 0.2) is 78.9 Å². The molecule has 1 saturated carbocycles. The molecule has 3 aromatic rings. The van der Waals surface area contributed by atoms with Gasteiger partial charge in [-0.2, -0.15) is 5.26 Å². The molecule has 5 rings (SSSR count). The largest absolute Gasteiger partial charge is 0.300 e. The molecule has 150 valence electrons. The lowest BCUT2D eigenvalue weighted by Crippen LogP contribution is -2.49. The first-order chi connectivity index (χ1) is 15.1. The van der Waals surface area contributed by atoms with Gasteiger partial charge in [0.15, 0.2) is 11.6 Å². The van der Waals surface area contributed by atoms with Crippen LogP contribution in [-0.2, 0) is 4.79 Å². The van der Waals surface area contributed by atoms with Crippen LogP contribution >= 0.6 is 0 Å². The summed E-state index contributed by atoms with van der Waals surface area (Å²) in [5, 5.41) is 9.17. The van der Waals surface area contributed by atoms with E-state index in [1.807, 2.05) is 30.3 Å². The highest BCUT2D eigenvalue weighted by Gasteiger charge is 2.64. The number of hydrogen-bond donors (Lipinski definition) is 0. The summed E-state index contributed by atoms with van der Waals surface area (Å²) >= 11 is 0. The summed E-state index contributed by atoms with van der Waals surface area (Å²) in [4.78, 5) is 40.9. The minimum atomic E-state index is -1.37. The van der Waals surface area contributed by atoms with Crippen molar-refractivity contribution in [3.63, 3.8) is 0 Å². The van der Waals surface area contributed by atoms with Gasteiger partial charge in [0.25, 0.3) is 0 Å². The van der Waals surface area contributed by atoms with Crippen LogP contribution in [-0.4, -0.2) is 17.3 Å². The fourth-order valence-electron chi connectivity index (χ4n) is 5.40. The van der Waals surface area contributed by atoms with E-state index in [1.54, 1.807) is 48.5 Å². The van der Waals surface area contributed by atoms with Crippen LogP contribution in [0.1, 0.15) is 62.1 Å². The molecule has 0 amide bonds. The van der Waals surface area contributed by atoms with Gasteiger partial charge < -0.3 is 0 Å². The first kappa shape index (κ1) is 19.1. The van der Waals surface area contributed by atoms with Crippen LogP contribution in [0.5, 0.6) is 0 Å². The van der Waals surface area contributed by atoms with Gasteiger partial charge in [0.2, 0.25) is 0 Å². The molecule has 0 radical (unpaired) electrons. The van der Waals surface area contributed by atoms with E-state index < -0.39 is 17.3 Å². The highest BCUT2D eigenvalue weighted by Crippen LogP contribution is 2.60. The number of hydrogen-bond acceptors (Lipinski definition) is 4. The van der Waals surface area contributed by atoms with Crippen molar-refractivity contribution in [3.8, 4) is 6.07 Å². The molecular weight excluding hydrogens is 386 g/mol. The summed E-state index contributed by atoms with van der Waals surface area (Å²) in [6.07, 6.45) is 0.281. The Morgan fingerprint density at radius 1 is 0.677 bits per heavy atom. The Kier molecular flexibility index (Phi) is 4.41. The molecule has 1 fully saturated rings. The summed E-state index contributed by atoms with van der Waals surface area (Å²) in [5.41, 5.74) is 1.55. The van der Waals surface area contributed by atoms with Crippen molar-refractivity contribution < 1.29 is 14.4 Å². The molecule has 0 aliphatic heterocycles. The third kappa shape index (κ3) is 2.70. The van der Waals surface area contributed by atoms with E-state index in [1.165, 1.54) is 0 Å². The highest BCUT2D eigenvalue weighted by molar-refractivity contribution is 6.31. The summed E-state index contributed by atoms with van der Waals surface area (Å²) in [5.74, 6) is -1.50. The van der Waals surface area contributed by atoms with Crippen molar-refractivity contribution in [2.45, 2.75) is 24.7 Å². The second-order valence-corrected chi connectivity index (χ2v) is 8.27. The van der Waals surface area contributed by atoms with Gasteiger partial charge in [-0.1, -0.05) is 66.7 Å². The van der Waals surface area contributed by atoms with Gasteiger partial charge in [-0.25, -0.2) is 0 Å². The van der Waals surface area contributed by atoms with Gasteiger partial charge in [0.05, 0.1) is 11.6 Å². The van der Waals surface area contributed by atoms with E-state index in [9.17, 15) is 14.4 Å². The Labute approximate surface area is 180 Å². The van der Waals surface area contributed by atoms with Crippen molar-refractivity contribution >= 4 is 17.3 Å². The Morgan fingerprint density at radius 2 is 1.16 bits per heavy atom. The van der Waals surface area contributed by atoms with E-state index >= 15 is 0 Å². The number of benzene rings is 3. The number of nitriles is 1. The van der Waals surface area contributed by atoms with Gasteiger partial charge in [0.1, 0.15) is 11.2 Å². The summed E-state index contributed by atoms with van der Waals surface area (Å²) in [6, 6.07) is 25.4. The average Bonchev–Trinajstić information content (AvgIpc) is 3.04. The number of Topliss-reactive ketones (excluding diaryl/α,β-unsaturated/α-hetero) is 3. The van der Waals surface area contributed by atoms with E-state index in [2.05, 4.69) is 6.07 Å². The number of carbonyl (C=O) groups excluding carboxylic acids is 3. The molecule has 0 unspecified atom stereocenters. The third-order valence-electron chi connectivity index (χ3n) is 6.77. The number of nitrogens with zero attached hydrogens (tertiary/aromatic N) is 1. The van der Waals surface area contributed by atoms with E-state index in [0.29, 0.717) is 16.7 Å². The maximum absolute atomic E-state index is 14.0. The van der Waals surface area contributed by atoms with Crippen molar-refractivity contribution in [2.24, 2.45) is 5.41 Å². The molecule has 2 aliphatic carbocycles. The van der Waals surface area contributed by atoms with Gasteiger partial charge in [-0.05, 0) is 23.3 Å². The molecule has 4 nitrogen and oxygen atoms in total. The zero-order valence-electron chi connectivity index (χ0n) is 16.7. The lowest BCUT2D eigenvalue weighted by atomic mass is 9.54. The van der Waals surface area contributed by atoms with Crippen LogP contribution in [0.2, 0.25) is 0 Å². The molecule has 0 N–H and O–H groups in total. The second kappa shape index (κ2) is 7.14. The van der Waals surface area contributed by atoms with Crippen LogP contribution in [0.4, 0.5) is 0 Å². The van der Waals surface area contributed by atoms with Crippen molar-refractivity contribution in [3.05, 3.63) is 107 Å². The predicted octanol–water partition coefficient (Wildman–Crippen LogP) is 4.85. The predicted molar refractivity (Wildman–Crippen MR) is 115 cm³/mol. The quantitative estimate of drug-likeness (QED) is 0.571. The molecule has 4 heteroatoms. The molecule has 0 aromatic heterocycles. The number of carbonyl (C=O) groups is 3. The Balaban J connectivity index is 1.77. The van der Waals surface area contributed by atoms with Gasteiger partial charge >= 0.3 is 0 Å². The summed E-state index contributed by atoms with van der Waals surface area (Å²) < 4.78 is 0. The fraction of sp³-hybridized carbons (Fsp3) is 0.185. The summed E-state index contributed by atoms with van der Waals surface area (Å²) in [6.45, 7) is 0. The summed E-state index contributed by atoms with van der Waals surface area (Å²) in [7, 11) is 0. The zero-order valence-corrected chi connectivity index (χ0v) is 16.7. The number of rotatable bonds is 2. The minimum absolute atomic E-state index is 0.0328. The van der Waals surface area contributed by atoms with Crippen molar-refractivity contribution in [1.82, 2.24) is 0 Å². The van der Waals surface area contributed by atoms with Crippen molar-refractivity contribution in [2.75, 3.05) is 0 Å². The molecule has 2 aliphatic rings. The Morgan fingerprint density at radius 3 is 1.68 bits per heavy atom. The monoisotopic (exact) mass is 405 g/mol. The van der Waals surface area contributed by atoms with Crippen LogP contribution in [0, 0.1) is 16.7 Å². The zero-order chi connectivity index (χ0) is 21.6. The molecule has 0 heterocycles. The molecular formula is C27H19NO3. The topological polar surface area (TPSA) is 75.0 Å². The molecule has 0 saturated heterocycles. The first-order valence-electron chi connectivity index (χ1n) is 10.3. The lowest BCUT2D eigenvalue weighted by molar-refractivity contribution is -0.122. The van der Waals surface area contributed by atoms with E-state index in [4.69, 9.17) is 5.26 Å². The second-order valence-electron chi connectivity index (χ2n) is 8.27. The molecule has 31 heavy (non-hydrogen) atoms. The smallest absolute Gasteiger partial charge is 0.178 e.